The van der Waals surface area contributed by atoms with E-state index in [-0.39, 0.29) is 5.97 Å². The summed E-state index contributed by atoms with van der Waals surface area (Å²) in [5.74, 6) is 0.589. The molecule has 19 heavy (non-hydrogen) atoms. The number of nitrogens with one attached hydrogen (secondary N) is 1. The molecule has 1 saturated carbocycles. The quantitative estimate of drug-likeness (QED) is 0.605. The first-order valence-corrected chi connectivity index (χ1v) is 6.91. The van der Waals surface area contributed by atoms with E-state index in [1.54, 1.807) is 0 Å². The molecule has 0 spiro atoms. The molecule has 0 atom stereocenters. The Labute approximate surface area is 114 Å². The molecule has 1 aliphatic rings. The molecule has 2 rings (SSSR count). The van der Waals surface area contributed by atoms with Gasteiger partial charge in [-0.05, 0) is 25.0 Å². The third-order valence-electron chi connectivity index (χ3n) is 3.25. The van der Waals surface area contributed by atoms with Crippen LogP contribution in [0.25, 0.3) is 0 Å². The standard InChI is InChI=1S/C15H21NO3/c17-15(12-16-13-6-4-5-7-13)19-11-10-18-14-8-2-1-3-9-14/h1-3,8-9,13,16H,4-7,10-12H2. The topological polar surface area (TPSA) is 47.6 Å². The van der Waals surface area contributed by atoms with Gasteiger partial charge in [0.25, 0.3) is 0 Å². The molecular formula is C15H21NO3. The Morgan fingerprint density at radius 3 is 2.63 bits per heavy atom. The number of rotatable bonds is 7. The van der Waals surface area contributed by atoms with Crippen molar-refractivity contribution in [3.8, 4) is 5.75 Å². The first-order valence-electron chi connectivity index (χ1n) is 6.91. The van der Waals surface area contributed by atoms with Gasteiger partial charge in [-0.1, -0.05) is 31.0 Å². The average molecular weight is 263 g/mol. The fraction of sp³-hybridized carbons (Fsp3) is 0.533. The van der Waals surface area contributed by atoms with Gasteiger partial charge in [-0.15, -0.1) is 0 Å². The van der Waals surface area contributed by atoms with Gasteiger partial charge in [-0.3, -0.25) is 4.79 Å². The molecule has 0 saturated heterocycles. The molecule has 1 aromatic carbocycles. The van der Waals surface area contributed by atoms with Crippen LogP contribution in [-0.2, 0) is 9.53 Å². The molecule has 4 nitrogen and oxygen atoms in total. The third kappa shape index (κ3) is 5.30. The van der Waals surface area contributed by atoms with Gasteiger partial charge in [-0.2, -0.15) is 0 Å². The Bertz CT molecular complexity index is 374. The number of esters is 1. The Balaban J connectivity index is 1.51. The zero-order valence-corrected chi connectivity index (χ0v) is 11.1. The smallest absolute Gasteiger partial charge is 0.320 e. The summed E-state index contributed by atoms with van der Waals surface area (Å²) in [6.45, 7) is 0.981. The van der Waals surface area contributed by atoms with Crippen molar-refractivity contribution in [2.45, 2.75) is 31.7 Å². The van der Waals surface area contributed by atoms with Crippen LogP contribution in [0.15, 0.2) is 30.3 Å². The highest BCUT2D eigenvalue weighted by molar-refractivity contribution is 5.71. The number of hydrogen-bond acceptors (Lipinski definition) is 4. The zero-order chi connectivity index (χ0) is 13.3. The first kappa shape index (κ1) is 13.9. The van der Waals surface area contributed by atoms with E-state index in [0.717, 1.165) is 5.75 Å². The first-order chi connectivity index (χ1) is 9.34. The molecule has 1 aromatic rings. The zero-order valence-electron chi connectivity index (χ0n) is 11.1. The lowest BCUT2D eigenvalue weighted by Gasteiger charge is -2.11. The molecule has 0 aliphatic heterocycles. The van der Waals surface area contributed by atoms with Crippen molar-refractivity contribution in [2.75, 3.05) is 19.8 Å². The second-order valence-electron chi connectivity index (χ2n) is 4.74. The van der Waals surface area contributed by atoms with E-state index in [1.807, 2.05) is 30.3 Å². The molecule has 0 unspecified atom stereocenters. The average Bonchev–Trinajstić information content (AvgIpc) is 2.96. The van der Waals surface area contributed by atoms with Gasteiger partial charge < -0.3 is 14.8 Å². The van der Waals surface area contributed by atoms with E-state index in [2.05, 4.69) is 5.32 Å². The van der Waals surface area contributed by atoms with E-state index >= 15 is 0 Å². The largest absolute Gasteiger partial charge is 0.490 e. The highest BCUT2D eigenvalue weighted by Crippen LogP contribution is 2.17. The van der Waals surface area contributed by atoms with Crippen LogP contribution in [0.3, 0.4) is 0 Å². The summed E-state index contributed by atoms with van der Waals surface area (Å²) in [4.78, 5) is 11.5. The predicted molar refractivity (Wildman–Crippen MR) is 73.2 cm³/mol. The minimum Gasteiger partial charge on any atom is -0.490 e. The number of carbonyl (C=O) groups is 1. The van der Waals surface area contributed by atoms with E-state index in [9.17, 15) is 4.79 Å². The van der Waals surface area contributed by atoms with Crippen LogP contribution >= 0.6 is 0 Å². The summed E-state index contributed by atoms with van der Waals surface area (Å²) in [7, 11) is 0. The molecule has 0 heterocycles. The number of hydrogen-bond donors (Lipinski definition) is 1. The molecule has 104 valence electrons. The SMILES string of the molecule is O=C(CNC1CCCC1)OCCOc1ccccc1. The summed E-state index contributed by atoms with van der Waals surface area (Å²) in [6, 6.07) is 10.0. The summed E-state index contributed by atoms with van der Waals surface area (Å²) in [5.41, 5.74) is 0. The lowest BCUT2D eigenvalue weighted by Crippen LogP contribution is -2.33. The van der Waals surface area contributed by atoms with E-state index in [4.69, 9.17) is 9.47 Å². The second kappa shape index (κ2) is 7.79. The molecule has 0 radical (unpaired) electrons. The summed E-state index contributed by atoms with van der Waals surface area (Å²) < 4.78 is 10.5. The lowest BCUT2D eigenvalue weighted by atomic mass is 10.2. The van der Waals surface area contributed by atoms with Crippen LogP contribution in [0, 0.1) is 0 Å². The van der Waals surface area contributed by atoms with Crippen LogP contribution in [0.5, 0.6) is 5.75 Å². The Kier molecular flexibility index (Phi) is 5.69. The number of ether oxygens (including phenoxy) is 2. The van der Waals surface area contributed by atoms with E-state index < -0.39 is 0 Å². The van der Waals surface area contributed by atoms with Crippen molar-refractivity contribution in [3.63, 3.8) is 0 Å². The monoisotopic (exact) mass is 263 g/mol. The highest BCUT2D eigenvalue weighted by Gasteiger charge is 2.15. The van der Waals surface area contributed by atoms with E-state index in [1.165, 1.54) is 25.7 Å². The molecule has 1 aliphatic carbocycles. The minimum absolute atomic E-state index is 0.205. The molecule has 4 heteroatoms. The van der Waals surface area contributed by atoms with Gasteiger partial charge in [0, 0.05) is 6.04 Å². The maximum Gasteiger partial charge on any atom is 0.320 e. The summed E-state index contributed by atoms with van der Waals surface area (Å²) >= 11 is 0. The summed E-state index contributed by atoms with van der Waals surface area (Å²) in [6.07, 6.45) is 4.87. The maximum atomic E-state index is 11.5. The van der Waals surface area contributed by atoms with Crippen LogP contribution in [0.1, 0.15) is 25.7 Å². The maximum absolute atomic E-state index is 11.5. The molecule has 0 aromatic heterocycles. The van der Waals surface area contributed by atoms with Crippen molar-refractivity contribution < 1.29 is 14.3 Å². The van der Waals surface area contributed by atoms with Gasteiger partial charge >= 0.3 is 5.97 Å². The highest BCUT2D eigenvalue weighted by atomic mass is 16.6. The molecule has 1 fully saturated rings. The van der Waals surface area contributed by atoms with Crippen LogP contribution < -0.4 is 10.1 Å². The fourth-order valence-electron chi connectivity index (χ4n) is 2.24. The van der Waals surface area contributed by atoms with E-state index in [0.29, 0.717) is 25.8 Å². The predicted octanol–water partition coefficient (Wildman–Crippen LogP) is 2.14. The molecule has 1 N–H and O–H groups in total. The molecular weight excluding hydrogens is 242 g/mol. The van der Waals surface area contributed by atoms with Crippen LogP contribution in [-0.4, -0.2) is 31.8 Å². The lowest BCUT2D eigenvalue weighted by molar-refractivity contribution is -0.143. The molecule has 0 bridgehead atoms. The van der Waals surface area contributed by atoms with Crippen LogP contribution in [0.2, 0.25) is 0 Å². The van der Waals surface area contributed by atoms with Gasteiger partial charge in [0.05, 0.1) is 6.54 Å². The minimum atomic E-state index is -0.205. The fourth-order valence-corrected chi connectivity index (χ4v) is 2.24. The van der Waals surface area contributed by atoms with Crippen molar-refractivity contribution in [2.24, 2.45) is 0 Å². The van der Waals surface area contributed by atoms with Gasteiger partial charge in [0.1, 0.15) is 19.0 Å². The number of carbonyl (C=O) groups excluding carboxylic acids is 1. The summed E-state index contributed by atoms with van der Waals surface area (Å²) in [5, 5.41) is 3.22. The van der Waals surface area contributed by atoms with Crippen molar-refractivity contribution in [1.82, 2.24) is 5.32 Å². The Morgan fingerprint density at radius 2 is 1.89 bits per heavy atom. The number of benzene rings is 1. The Hall–Kier alpha value is -1.55. The van der Waals surface area contributed by atoms with Gasteiger partial charge in [0.2, 0.25) is 0 Å². The van der Waals surface area contributed by atoms with Gasteiger partial charge in [0.15, 0.2) is 0 Å². The number of para-hydroxylation sites is 1. The van der Waals surface area contributed by atoms with Crippen LogP contribution in [0.4, 0.5) is 0 Å². The van der Waals surface area contributed by atoms with Crippen molar-refractivity contribution >= 4 is 5.97 Å². The van der Waals surface area contributed by atoms with Gasteiger partial charge in [-0.25, -0.2) is 0 Å². The Morgan fingerprint density at radius 1 is 1.16 bits per heavy atom. The van der Waals surface area contributed by atoms with Crippen molar-refractivity contribution in [3.05, 3.63) is 30.3 Å². The third-order valence-corrected chi connectivity index (χ3v) is 3.25. The van der Waals surface area contributed by atoms with Crippen molar-refractivity contribution in [1.29, 1.82) is 0 Å². The molecule has 0 amide bonds. The second-order valence-corrected chi connectivity index (χ2v) is 4.74. The normalized spacial score (nSPS) is 15.4.